The maximum atomic E-state index is 12.7. The predicted octanol–water partition coefficient (Wildman–Crippen LogP) is 1.40. The fourth-order valence-corrected chi connectivity index (χ4v) is 3.31. The minimum Gasteiger partial charge on any atom is -0.379 e. The van der Waals surface area contributed by atoms with Gasteiger partial charge in [0, 0.05) is 31.9 Å². The van der Waals surface area contributed by atoms with E-state index in [1.54, 1.807) is 4.90 Å². The minimum atomic E-state index is -1.32. The average Bonchev–Trinajstić information content (AvgIpc) is 3.03. The highest BCUT2D eigenvalue weighted by Crippen LogP contribution is 2.22. The molecule has 1 aliphatic rings. The van der Waals surface area contributed by atoms with Crippen LogP contribution < -0.4 is 5.32 Å². The Hall–Kier alpha value is -2.18. The Morgan fingerprint density at radius 1 is 1.36 bits per heavy atom. The second-order valence-electron chi connectivity index (χ2n) is 6.81. The number of amides is 1. The van der Waals surface area contributed by atoms with E-state index in [4.69, 9.17) is 0 Å². The van der Waals surface area contributed by atoms with Crippen molar-refractivity contribution in [2.24, 2.45) is 0 Å². The predicted molar refractivity (Wildman–Crippen MR) is 95.9 cm³/mol. The molecule has 0 bridgehead atoms. The number of aryl methyl sites for hydroxylation is 1. The summed E-state index contributed by atoms with van der Waals surface area (Å²) in [6.45, 7) is 4.08. The van der Waals surface area contributed by atoms with Gasteiger partial charge in [0.25, 0.3) is 5.91 Å². The molecule has 1 atom stereocenters. The number of nitrogens with one attached hydrogen (secondary N) is 2. The first-order valence-corrected chi connectivity index (χ1v) is 8.84. The minimum absolute atomic E-state index is 0.166. The molecule has 25 heavy (non-hydrogen) atoms. The largest absolute Gasteiger partial charge is 0.379 e. The number of piperidine rings is 1. The first-order valence-electron chi connectivity index (χ1n) is 8.84. The van der Waals surface area contributed by atoms with Crippen molar-refractivity contribution >= 4 is 5.91 Å². The van der Waals surface area contributed by atoms with Gasteiger partial charge >= 0.3 is 0 Å². The summed E-state index contributed by atoms with van der Waals surface area (Å²) in [5, 5.41) is 21.0. The van der Waals surface area contributed by atoms with Crippen molar-refractivity contribution in [3.8, 4) is 0 Å². The molecule has 1 amide bonds. The second-order valence-corrected chi connectivity index (χ2v) is 6.81. The Morgan fingerprint density at radius 2 is 2.16 bits per heavy atom. The second kappa shape index (κ2) is 7.80. The summed E-state index contributed by atoms with van der Waals surface area (Å²) in [6, 6.07) is 12.1. The van der Waals surface area contributed by atoms with Crippen LogP contribution in [-0.4, -0.2) is 51.3 Å². The van der Waals surface area contributed by atoms with Gasteiger partial charge in [0.05, 0.1) is 5.69 Å². The van der Waals surface area contributed by atoms with E-state index in [0.717, 1.165) is 24.2 Å². The van der Waals surface area contributed by atoms with Crippen molar-refractivity contribution in [1.82, 2.24) is 20.4 Å². The Bertz CT molecular complexity index is 700. The molecular formula is C19H26N4O2. The van der Waals surface area contributed by atoms with Gasteiger partial charge in [0.2, 0.25) is 0 Å². The smallest absolute Gasteiger partial charge is 0.255 e. The van der Waals surface area contributed by atoms with Crippen LogP contribution in [0.3, 0.4) is 0 Å². The van der Waals surface area contributed by atoms with Crippen molar-refractivity contribution in [3.05, 3.63) is 53.3 Å². The fourth-order valence-electron chi connectivity index (χ4n) is 3.31. The number of carbonyl (C=O) groups is 1. The van der Waals surface area contributed by atoms with Crippen molar-refractivity contribution in [3.63, 3.8) is 0 Å². The number of H-pyrrole nitrogens is 1. The van der Waals surface area contributed by atoms with E-state index in [9.17, 15) is 9.90 Å². The summed E-state index contributed by atoms with van der Waals surface area (Å²) in [5.41, 5.74) is 1.76. The first-order chi connectivity index (χ1) is 12.1. The quantitative estimate of drug-likeness (QED) is 0.710. The van der Waals surface area contributed by atoms with Gasteiger partial charge in [-0.2, -0.15) is 5.10 Å². The van der Waals surface area contributed by atoms with Gasteiger partial charge in [-0.15, -0.1) is 0 Å². The van der Waals surface area contributed by atoms with Gasteiger partial charge in [0.1, 0.15) is 0 Å². The molecule has 3 rings (SSSR count). The number of hydrogen-bond acceptors (Lipinski definition) is 4. The van der Waals surface area contributed by atoms with Crippen LogP contribution >= 0.6 is 0 Å². The van der Waals surface area contributed by atoms with Crippen LogP contribution in [0.25, 0.3) is 0 Å². The Morgan fingerprint density at radius 3 is 2.88 bits per heavy atom. The maximum Gasteiger partial charge on any atom is 0.255 e. The van der Waals surface area contributed by atoms with Crippen LogP contribution in [0.1, 0.15) is 29.8 Å². The van der Waals surface area contributed by atoms with E-state index in [-0.39, 0.29) is 12.5 Å². The molecule has 1 fully saturated rings. The zero-order valence-corrected chi connectivity index (χ0v) is 14.7. The lowest BCUT2D eigenvalue weighted by Crippen LogP contribution is -2.58. The van der Waals surface area contributed by atoms with Crippen LogP contribution in [0.2, 0.25) is 0 Å². The molecule has 6 nitrogen and oxygen atoms in total. The number of likely N-dealkylation sites (tertiary alicyclic amines) is 1. The SMILES string of the molecule is Cc1cc(CNCC2(O)CCCN(CCc3ccccc3)C2=O)n[nH]1. The normalized spacial score (nSPS) is 20.9. The molecule has 1 aromatic carbocycles. The lowest BCUT2D eigenvalue weighted by Gasteiger charge is -2.38. The molecule has 2 heterocycles. The highest BCUT2D eigenvalue weighted by molar-refractivity contribution is 5.86. The van der Waals surface area contributed by atoms with Gasteiger partial charge in [-0.25, -0.2) is 0 Å². The van der Waals surface area contributed by atoms with E-state index in [1.807, 2.05) is 31.2 Å². The number of nitrogens with zero attached hydrogens (tertiary/aromatic N) is 2. The van der Waals surface area contributed by atoms with Crippen LogP contribution in [0.4, 0.5) is 0 Å². The van der Waals surface area contributed by atoms with Crippen molar-refractivity contribution < 1.29 is 9.90 Å². The molecule has 0 aliphatic carbocycles. The average molecular weight is 342 g/mol. The molecule has 1 unspecified atom stereocenters. The molecule has 3 N–H and O–H groups in total. The van der Waals surface area contributed by atoms with Gasteiger partial charge < -0.3 is 15.3 Å². The number of aromatic amines is 1. The zero-order valence-electron chi connectivity index (χ0n) is 14.7. The Kier molecular flexibility index (Phi) is 5.50. The van der Waals surface area contributed by atoms with Crippen LogP contribution in [0.5, 0.6) is 0 Å². The van der Waals surface area contributed by atoms with E-state index in [0.29, 0.717) is 26.1 Å². The van der Waals surface area contributed by atoms with E-state index < -0.39 is 5.60 Å². The van der Waals surface area contributed by atoms with Crippen molar-refractivity contribution in [2.45, 2.75) is 38.3 Å². The summed E-state index contributed by atoms with van der Waals surface area (Å²) >= 11 is 0. The lowest BCUT2D eigenvalue weighted by atomic mass is 9.91. The van der Waals surface area contributed by atoms with Crippen molar-refractivity contribution in [1.29, 1.82) is 0 Å². The topological polar surface area (TPSA) is 81.2 Å². The molecule has 0 saturated carbocycles. The molecule has 0 spiro atoms. The molecule has 2 aromatic rings. The lowest BCUT2D eigenvalue weighted by molar-refractivity contribution is -0.156. The summed E-state index contributed by atoms with van der Waals surface area (Å²) in [6.07, 6.45) is 2.13. The van der Waals surface area contributed by atoms with Crippen LogP contribution in [-0.2, 0) is 17.8 Å². The fraction of sp³-hybridized carbons (Fsp3) is 0.474. The highest BCUT2D eigenvalue weighted by atomic mass is 16.3. The number of hydrogen-bond donors (Lipinski definition) is 3. The molecule has 134 valence electrons. The monoisotopic (exact) mass is 342 g/mol. The van der Waals surface area contributed by atoms with Crippen LogP contribution in [0, 0.1) is 6.92 Å². The van der Waals surface area contributed by atoms with Gasteiger partial charge in [-0.3, -0.25) is 9.89 Å². The van der Waals surface area contributed by atoms with E-state index in [2.05, 4.69) is 27.6 Å². The number of aliphatic hydroxyl groups is 1. The Labute approximate surface area is 148 Å². The molecule has 0 radical (unpaired) electrons. The van der Waals surface area contributed by atoms with Gasteiger partial charge in [0.15, 0.2) is 5.60 Å². The van der Waals surface area contributed by atoms with Crippen LogP contribution in [0.15, 0.2) is 36.4 Å². The summed E-state index contributed by atoms with van der Waals surface area (Å²) in [4.78, 5) is 14.5. The van der Waals surface area contributed by atoms with E-state index >= 15 is 0 Å². The summed E-state index contributed by atoms with van der Waals surface area (Å²) in [5.74, 6) is -0.166. The van der Waals surface area contributed by atoms with E-state index in [1.165, 1.54) is 5.56 Å². The number of aromatic nitrogens is 2. The number of rotatable bonds is 7. The summed E-state index contributed by atoms with van der Waals surface area (Å²) < 4.78 is 0. The highest BCUT2D eigenvalue weighted by Gasteiger charge is 2.41. The standard InChI is InChI=1S/C19H26N4O2/c1-15-12-17(22-21-15)13-20-14-19(25)9-5-10-23(18(19)24)11-8-16-6-3-2-4-7-16/h2-4,6-7,12,20,25H,5,8-11,13-14H2,1H3,(H,21,22). The van der Waals surface area contributed by atoms with Gasteiger partial charge in [-0.05, 0) is 37.8 Å². The first kappa shape index (κ1) is 17.6. The molecule has 1 aromatic heterocycles. The maximum absolute atomic E-state index is 12.7. The van der Waals surface area contributed by atoms with Gasteiger partial charge in [-0.1, -0.05) is 30.3 Å². The molecule has 1 aliphatic heterocycles. The number of carbonyl (C=O) groups excluding carboxylic acids is 1. The summed E-state index contributed by atoms with van der Waals surface area (Å²) in [7, 11) is 0. The third-order valence-electron chi connectivity index (χ3n) is 4.70. The Balaban J connectivity index is 1.52. The zero-order chi connectivity index (χ0) is 17.7. The number of benzene rings is 1. The third kappa shape index (κ3) is 4.46. The molecule has 1 saturated heterocycles. The molecular weight excluding hydrogens is 316 g/mol. The third-order valence-corrected chi connectivity index (χ3v) is 4.70. The van der Waals surface area contributed by atoms with Crippen molar-refractivity contribution in [2.75, 3.05) is 19.6 Å². The molecule has 6 heteroatoms.